The van der Waals surface area contributed by atoms with Crippen LogP contribution in [0.5, 0.6) is 5.06 Å². The first-order valence-electron chi connectivity index (χ1n) is 6.74. The average Bonchev–Trinajstić information content (AvgIpc) is 3.18. The summed E-state index contributed by atoms with van der Waals surface area (Å²) in [4.78, 5) is 21.5. The lowest BCUT2D eigenvalue weighted by atomic mass is 10.2. The summed E-state index contributed by atoms with van der Waals surface area (Å²) >= 11 is 1.47. The number of hydrogen-bond acceptors (Lipinski definition) is 6. The molecule has 0 spiro atoms. The van der Waals surface area contributed by atoms with Crippen LogP contribution in [0.15, 0.2) is 24.5 Å². The van der Waals surface area contributed by atoms with Crippen molar-refractivity contribution < 1.29 is 9.53 Å². The lowest BCUT2D eigenvalue weighted by molar-refractivity contribution is 0.0939. The Balaban J connectivity index is 1.69. The second-order valence-corrected chi connectivity index (χ2v) is 5.83. The van der Waals surface area contributed by atoms with Gasteiger partial charge in [0.2, 0.25) is 0 Å². The summed E-state index contributed by atoms with van der Waals surface area (Å²) in [6, 6.07) is 3.97. The van der Waals surface area contributed by atoms with Crippen molar-refractivity contribution in [3.8, 4) is 15.8 Å². The first-order chi connectivity index (χ1) is 10.3. The van der Waals surface area contributed by atoms with E-state index in [1.165, 1.54) is 11.3 Å². The maximum atomic E-state index is 12.1. The van der Waals surface area contributed by atoms with E-state index in [1.54, 1.807) is 19.5 Å². The molecule has 1 unspecified atom stereocenters. The fourth-order valence-corrected chi connectivity index (χ4v) is 2.94. The molecule has 1 aliphatic rings. The van der Waals surface area contributed by atoms with Gasteiger partial charge in [-0.1, -0.05) is 11.3 Å². The highest BCUT2D eigenvalue weighted by Crippen LogP contribution is 2.30. The second kappa shape index (κ2) is 6.19. The number of aromatic nitrogens is 2. The van der Waals surface area contributed by atoms with Crippen molar-refractivity contribution >= 4 is 17.2 Å². The zero-order valence-electron chi connectivity index (χ0n) is 11.6. The van der Waals surface area contributed by atoms with Crippen LogP contribution in [0.4, 0.5) is 0 Å². The molecule has 110 valence electrons. The van der Waals surface area contributed by atoms with E-state index < -0.39 is 0 Å². The van der Waals surface area contributed by atoms with Gasteiger partial charge >= 0.3 is 0 Å². The van der Waals surface area contributed by atoms with E-state index in [0.717, 1.165) is 29.5 Å². The summed E-state index contributed by atoms with van der Waals surface area (Å²) in [7, 11) is 1.63. The summed E-state index contributed by atoms with van der Waals surface area (Å²) in [5.41, 5.74) is 0.481. The summed E-state index contributed by atoms with van der Waals surface area (Å²) in [6.07, 6.45) is 4.08. The molecule has 1 amide bonds. The van der Waals surface area contributed by atoms with Crippen molar-refractivity contribution in [3.05, 3.63) is 30.1 Å². The van der Waals surface area contributed by atoms with Crippen LogP contribution in [-0.2, 0) is 0 Å². The summed E-state index contributed by atoms with van der Waals surface area (Å²) in [5, 5.41) is 6.99. The van der Waals surface area contributed by atoms with E-state index in [9.17, 15) is 4.79 Å². The van der Waals surface area contributed by atoms with E-state index >= 15 is 0 Å². The molecule has 0 aromatic carbocycles. The monoisotopic (exact) mass is 304 g/mol. The molecule has 1 aliphatic heterocycles. The van der Waals surface area contributed by atoms with E-state index in [-0.39, 0.29) is 11.9 Å². The molecule has 21 heavy (non-hydrogen) atoms. The first-order valence-corrected chi connectivity index (χ1v) is 7.56. The fraction of sp³-hybridized carbons (Fsp3) is 0.357. The molecule has 3 heterocycles. The van der Waals surface area contributed by atoms with Crippen LogP contribution in [0.25, 0.3) is 10.7 Å². The zero-order valence-corrected chi connectivity index (χ0v) is 12.4. The standard InChI is InChI=1S/C14H16N4O2S/c1-20-12-3-2-11(21-12)13-16-6-9(7-17-13)14(19)18-10-4-5-15-8-10/h2-3,6-7,10,15H,4-5,8H2,1H3,(H,18,19). The summed E-state index contributed by atoms with van der Waals surface area (Å²) in [5.74, 6) is 0.474. The Kier molecular flexibility index (Phi) is 4.12. The molecule has 0 bridgehead atoms. The molecule has 6 nitrogen and oxygen atoms in total. The van der Waals surface area contributed by atoms with E-state index in [1.807, 2.05) is 12.1 Å². The smallest absolute Gasteiger partial charge is 0.254 e. The lowest BCUT2D eigenvalue weighted by Crippen LogP contribution is -2.36. The Morgan fingerprint density at radius 3 is 2.86 bits per heavy atom. The normalized spacial score (nSPS) is 17.7. The maximum Gasteiger partial charge on any atom is 0.254 e. The number of carbonyl (C=O) groups excluding carboxylic acids is 1. The Morgan fingerprint density at radius 2 is 2.24 bits per heavy atom. The van der Waals surface area contributed by atoms with Gasteiger partial charge < -0.3 is 15.4 Å². The molecular weight excluding hydrogens is 288 g/mol. The lowest BCUT2D eigenvalue weighted by Gasteiger charge is -2.10. The van der Waals surface area contributed by atoms with Gasteiger partial charge in [-0.3, -0.25) is 4.79 Å². The number of nitrogens with one attached hydrogen (secondary N) is 2. The highest BCUT2D eigenvalue weighted by atomic mass is 32.1. The predicted octanol–water partition coefficient (Wildman–Crippen LogP) is 1.31. The van der Waals surface area contributed by atoms with Crippen LogP contribution in [0.1, 0.15) is 16.8 Å². The van der Waals surface area contributed by atoms with Gasteiger partial charge in [0.05, 0.1) is 17.6 Å². The molecule has 0 aliphatic carbocycles. The molecule has 2 aromatic heterocycles. The van der Waals surface area contributed by atoms with Crippen molar-refractivity contribution in [3.63, 3.8) is 0 Å². The van der Waals surface area contributed by atoms with E-state index in [0.29, 0.717) is 11.4 Å². The van der Waals surface area contributed by atoms with Crippen LogP contribution >= 0.6 is 11.3 Å². The molecule has 2 aromatic rings. The van der Waals surface area contributed by atoms with Gasteiger partial charge in [-0.2, -0.15) is 0 Å². The summed E-state index contributed by atoms with van der Waals surface area (Å²) < 4.78 is 5.15. The minimum absolute atomic E-state index is 0.126. The number of thiophene rings is 1. The third-order valence-electron chi connectivity index (χ3n) is 3.31. The van der Waals surface area contributed by atoms with Gasteiger partial charge in [-0.05, 0) is 25.1 Å². The Labute approximate surface area is 126 Å². The number of nitrogens with zero attached hydrogens (tertiary/aromatic N) is 2. The first kappa shape index (κ1) is 14.0. The summed E-state index contributed by atoms with van der Waals surface area (Å²) in [6.45, 7) is 1.76. The minimum atomic E-state index is -0.126. The van der Waals surface area contributed by atoms with Crippen LogP contribution in [0.2, 0.25) is 0 Å². The number of hydrogen-bond donors (Lipinski definition) is 2. The Hall–Kier alpha value is -1.99. The predicted molar refractivity (Wildman–Crippen MR) is 80.6 cm³/mol. The van der Waals surface area contributed by atoms with Crippen molar-refractivity contribution in [1.82, 2.24) is 20.6 Å². The van der Waals surface area contributed by atoms with Gasteiger partial charge in [-0.15, -0.1) is 0 Å². The molecule has 7 heteroatoms. The molecule has 0 saturated carbocycles. The molecule has 1 fully saturated rings. The number of methoxy groups -OCH3 is 1. The third kappa shape index (κ3) is 3.20. The third-order valence-corrected chi connectivity index (χ3v) is 4.35. The van der Waals surface area contributed by atoms with Crippen molar-refractivity contribution in [2.24, 2.45) is 0 Å². The van der Waals surface area contributed by atoms with E-state index in [4.69, 9.17) is 4.74 Å². The average molecular weight is 304 g/mol. The van der Waals surface area contributed by atoms with Gasteiger partial charge in [0, 0.05) is 25.0 Å². The van der Waals surface area contributed by atoms with Gasteiger partial charge in [0.1, 0.15) is 0 Å². The quantitative estimate of drug-likeness (QED) is 0.890. The van der Waals surface area contributed by atoms with Gasteiger partial charge in [-0.25, -0.2) is 9.97 Å². The zero-order chi connectivity index (χ0) is 14.7. The molecule has 3 rings (SSSR count). The van der Waals surface area contributed by atoms with Gasteiger partial charge in [0.15, 0.2) is 10.9 Å². The highest BCUT2D eigenvalue weighted by molar-refractivity contribution is 7.17. The Morgan fingerprint density at radius 1 is 1.43 bits per heavy atom. The number of rotatable bonds is 4. The molecule has 1 saturated heterocycles. The van der Waals surface area contributed by atoms with Crippen molar-refractivity contribution in [1.29, 1.82) is 0 Å². The number of amides is 1. The largest absolute Gasteiger partial charge is 0.487 e. The molecule has 2 N–H and O–H groups in total. The molecule has 0 radical (unpaired) electrons. The van der Waals surface area contributed by atoms with E-state index in [2.05, 4.69) is 20.6 Å². The van der Waals surface area contributed by atoms with Crippen LogP contribution in [0, 0.1) is 0 Å². The maximum absolute atomic E-state index is 12.1. The van der Waals surface area contributed by atoms with Crippen LogP contribution in [-0.4, -0.2) is 42.1 Å². The van der Waals surface area contributed by atoms with Gasteiger partial charge in [0.25, 0.3) is 5.91 Å². The number of carbonyl (C=O) groups is 1. The minimum Gasteiger partial charge on any atom is -0.487 e. The second-order valence-electron chi connectivity index (χ2n) is 4.78. The van der Waals surface area contributed by atoms with Crippen LogP contribution in [0.3, 0.4) is 0 Å². The highest BCUT2D eigenvalue weighted by Gasteiger charge is 2.18. The number of ether oxygens (including phenoxy) is 1. The van der Waals surface area contributed by atoms with Crippen molar-refractivity contribution in [2.75, 3.05) is 20.2 Å². The molecular formula is C14H16N4O2S. The fourth-order valence-electron chi connectivity index (χ4n) is 2.17. The Bertz CT molecular complexity index is 620. The topological polar surface area (TPSA) is 76.1 Å². The van der Waals surface area contributed by atoms with Crippen LogP contribution < -0.4 is 15.4 Å². The SMILES string of the molecule is COc1ccc(-c2ncc(C(=O)NC3CCNC3)cn2)s1. The van der Waals surface area contributed by atoms with Crippen molar-refractivity contribution in [2.45, 2.75) is 12.5 Å². The molecule has 1 atom stereocenters.